The summed E-state index contributed by atoms with van der Waals surface area (Å²) in [5.74, 6) is -2.12. The predicted octanol–water partition coefficient (Wildman–Crippen LogP) is 4.46. The van der Waals surface area contributed by atoms with Crippen LogP contribution in [-0.2, 0) is 21.0 Å². The number of amides is 1. The summed E-state index contributed by atoms with van der Waals surface area (Å²) in [5.41, 5.74) is -4.84. The highest BCUT2D eigenvalue weighted by molar-refractivity contribution is 6.30. The molecule has 0 bridgehead atoms. The Hall–Kier alpha value is -2.13. The number of likely N-dealkylation sites (N-methyl/N-ethyl adjacent to an activating group) is 1. The van der Waals surface area contributed by atoms with Gasteiger partial charge in [-0.2, -0.15) is 5.06 Å². The molecule has 6 rings (SSSR count). The molecule has 0 radical (unpaired) electrons. The molecule has 1 heterocycles. The van der Waals surface area contributed by atoms with Gasteiger partial charge < -0.3 is 10.0 Å². The van der Waals surface area contributed by atoms with Gasteiger partial charge >= 0.3 is 0 Å². The van der Waals surface area contributed by atoms with Crippen molar-refractivity contribution in [2.75, 3.05) is 20.6 Å². The van der Waals surface area contributed by atoms with E-state index < -0.39 is 46.2 Å². The van der Waals surface area contributed by atoms with Crippen LogP contribution in [0.1, 0.15) is 38.7 Å². The predicted molar refractivity (Wildman–Crippen MR) is 142 cm³/mol. The molecule has 0 spiro atoms. The molecule has 210 valence electrons. The summed E-state index contributed by atoms with van der Waals surface area (Å²) in [7, 11) is 3.35. The van der Waals surface area contributed by atoms with Gasteiger partial charge in [-0.05, 0) is 67.5 Å². The van der Waals surface area contributed by atoms with Crippen LogP contribution in [0.2, 0.25) is 5.02 Å². The summed E-state index contributed by atoms with van der Waals surface area (Å²) in [6.45, 7) is 4.39. The molecule has 4 fully saturated rings. The van der Waals surface area contributed by atoms with Crippen LogP contribution in [0, 0.1) is 28.6 Å². The van der Waals surface area contributed by atoms with E-state index in [0.29, 0.717) is 24.5 Å². The number of allylic oxidation sites excluding steroid dienone is 4. The molecule has 9 atom stereocenters. The molecule has 1 aromatic carbocycles. The fraction of sp³-hybridized carbons (Fsp3) is 0.600. The number of benzene rings is 1. The first-order chi connectivity index (χ1) is 18.3. The number of aliphatic hydroxyl groups is 1. The molecule has 3 saturated carbocycles. The zero-order valence-corrected chi connectivity index (χ0v) is 23.4. The second-order valence-electron chi connectivity index (χ2n) is 12.8. The van der Waals surface area contributed by atoms with Crippen LogP contribution in [0.25, 0.3) is 0 Å². The van der Waals surface area contributed by atoms with E-state index in [0.717, 1.165) is 5.56 Å². The topological polar surface area (TPSA) is 70.1 Å². The first kappa shape index (κ1) is 27.1. The van der Waals surface area contributed by atoms with Gasteiger partial charge in [0, 0.05) is 54.9 Å². The Morgan fingerprint density at radius 3 is 2.56 bits per heavy atom. The lowest BCUT2D eigenvalue weighted by molar-refractivity contribution is -0.272. The minimum Gasteiger partial charge on any atom is -0.390 e. The number of nitrogens with zero attached hydrogens (tertiary/aromatic N) is 2. The molecule has 1 aromatic rings. The van der Waals surface area contributed by atoms with Crippen LogP contribution in [0.4, 0.5) is 8.78 Å². The van der Waals surface area contributed by atoms with Crippen molar-refractivity contribution in [3.63, 3.8) is 0 Å². The average Bonchev–Trinajstić information content (AvgIpc) is 3.35. The largest absolute Gasteiger partial charge is 0.390 e. The minimum atomic E-state index is -2.19. The van der Waals surface area contributed by atoms with Gasteiger partial charge in [-0.25, -0.2) is 8.78 Å². The van der Waals surface area contributed by atoms with E-state index in [1.54, 1.807) is 38.2 Å². The molecule has 9 heteroatoms. The molecule has 5 aliphatic rings. The van der Waals surface area contributed by atoms with Crippen molar-refractivity contribution in [1.82, 2.24) is 9.96 Å². The summed E-state index contributed by atoms with van der Waals surface area (Å²) >= 11 is 6.05. The number of aliphatic hydroxyl groups excluding tert-OH is 1. The minimum absolute atomic E-state index is 0.0167. The number of fused-ring (bicyclic) bond motifs is 7. The number of hydrogen-bond donors (Lipinski definition) is 1. The summed E-state index contributed by atoms with van der Waals surface area (Å²) in [6.07, 6.45) is 1.22. The maximum absolute atomic E-state index is 17.5. The highest BCUT2D eigenvalue weighted by Gasteiger charge is 2.80. The summed E-state index contributed by atoms with van der Waals surface area (Å²) < 4.78 is 33.3. The van der Waals surface area contributed by atoms with E-state index in [4.69, 9.17) is 16.4 Å². The van der Waals surface area contributed by atoms with E-state index in [-0.39, 0.29) is 36.0 Å². The van der Waals surface area contributed by atoms with Gasteiger partial charge in [-0.1, -0.05) is 36.7 Å². The monoisotopic (exact) mass is 560 g/mol. The normalized spacial score (nSPS) is 44.8. The van der Waals surface area contributed by atoms with Crippen molar-refractivity contribution in [2.24, 2.45) is 28.6 Å². The van der Waals surface area contributed by atoms with Crippen LogP contribution < -0.4 is 0 Å². The molecule has 0 unspecified atom stereocenters. The Labute approximate surface area is 232 Å². The van der Waals surface area contributed by atoms with E-state index >= 15 is 8.78 Å². The van der Waals surface area contributed by atoms with Crippen LogP contribution in [0.3, 0.4) is 0 Å². The molecule has 0 aromatic heterocycles. The molecule has 39 heavy (non-hydrogen) atoms. The Bertz CT molecular complexity index is 1290. The standard InChI is InChI=1S/C30H35ClF2N2O4/c1-27-10-9-20(36)12-23(27)24(32)13-22-21-11-18-16-35(15-17-5-7-19(31)8-6-17)39-30(18,26(38)34(3)4)28(21,2)14-25(37)29(22,27)33/h5-10,12,18,21-22,24-25,37H,11,13-16H2,1-4H3/t18-,21-,22-,24-,25-,27-,28-,29-,30-/m0/s1. The summed E-state index contributed by atoms with van der Waals surface area (Å²) in [5, 5.41) is 14.1. The Balaban J connectivity index is 1.41. The third kappa shape index (κ3) is 3.41. The van der Waals surface area contributed by atoms with Gasteiger partial charge in [0.1, 0.15) is 6.17 Å². The molecular weight excluding hydrogens is 526 g/mol. The van der Waals surface area contributed by atoms with E-state index in [1.165, 1.54) is 23.1 Å². The summed E-state index contributed by atoms with van der Waals surface area (Å²) in [4.78, 5) is 34.3. The number of ketones is 1. The number of rotatable bonds is 3. The Morgan fingerprint density at radius 1 is 1.21 bits per heavy atom. The number of hydroxylamine groups is 2. The number of alkyl halides is 2. The summed E-state index contributed by atoms with van der Waals surface area (Å²) in [6, 6.07) is 7.42. The first-order valence-corrected chi connectivity index (χ1v) is 14.0. The van der Waals surface area contributed by atoms with Crippen LogP contribution in [-0.4, -0.2) is 70.9 Å². The van der Waals surface area contributed by atoms with Crippen LogP contribution in [0.15, 0.2) is 48.1 Å². The lowest BCUT2D eigenvalue weighted by Gasteiger charge is -2.63. The van der Waals surface area contributed by atoms with Gasteiger partial charge in [0.15, 0.2) is 17.1 Å². The van der Waals surface area contributed by atoms with Crippen molar-refractivity contribution in [3.8, 4) is 0 Å². The van der Waals surface area contributed by atoms with Crippen molar-refractivity contribution in [2.45, 2.75) is 63.2 Å². The lowest BCUT2D eigenvalue weighted by atomic mass is 9.44. The lowest BCUT2D eigenvalue weighted by Crippen LogP contribution is -2.71. The van der Waals surface area contributed by atoms with Gasteiger partial charge in [0.25, 0.3) is 5.91 Å². The molecule has 4 aliphatic carbocycles. The maximum Gasteiger partial charge on any atom is 0.257 e. The smallest absolute Gasteiger partial charge is 0.257 e. The fourth-order valence-electron chi connectivity index (χ4n) is 8.90. The highest BCUT2D eigenvalue weighted by atomic mass is 35.5. The zero-order chi connectivity index (χ0) is 28.1. The highest BCUT2D eigenvalue weighted by Crippen LogP contribution is 2.72. The van der Waals surface area contributed by atoms with Gasteiger partial charge in [-0.3, -0.25) is 14.4 Å². The molecule has 6 nitrogen and oxygen atoms in total. The molecule has 1 amide bonds. The second kappa shape index (κ2) is 8.68. The maximum atomic E-state index is 17.5. The van der Waals surface area contributed by atoms with Crippen molar-refractivity contribution >= 4 is 23.3 Å². The number of carbonyl (C=O) groups is 2. The number of halogens is 3. The molecule has 1 saturated heterocycles. The first-order valence-electron chi connectivity index (χ1n) is 13.6. The quantitative estimate of drug-likeness (QED) is 0.591. The third-order valence-corrected chi connectivity index (χ3v) is 10.9. The molecular formula is C30H35ClF2N2O4. The van der Waals surface area contributed by atoms with Crippen molar-refractivity contribution < 1.29 is 28.3 Å². The SMILES string of the molecule is CN(C)C(=O)[C@@]12ON(Cc3ccc(Cl)cc3)C[C@@H]1C[C@H]1[C@@H]3C[C@H](F)C4=CC(=O)C=C[C@]4(C)[C@@]3(F)[C@@H](O)C[C@@]12C. The Morgan fingerprint density at radius 2 is 1.90 bits per heavy atom. The van der Waals surface area contributed by atoms with Crippen LogP contribution in [0.5, 0.6) is 0 Å². The van der Waals surface area contributed by atoms with Crippen molar-refractivity contribution in [3.05, 3.63) is 58.7 Å². The van der Waals surface area contributed by atoms with Gasteiger partial charge in [0.05, 0.1) is 6.10 Å². The average molecular weight is 561 g/mol. The van der Waals surface area contributed by atoms with Gasteiger partial charge in [-0.15, -0.1) is 0 Å². The molecule has 1 aliphatic heterocycles. The zero-order valence-electron chi connectivity index (χ0n) is 22.7. The fourth-order valence-corrected chi connectivity index (χ4v) is 9.03. The second-order valence-corrected chi connectivity index (χ2v) is 13.2. The van der Waals surface area contributed by atoms with E-state index in [2.05, 4.69) is 0 Å². The van der Waals surface area contributed by atoms with Gasteiger partial charge in [0.2, 0.25) is 0 Å². The Kier molecular flexibility index (Phi) is 6.03. The van der Waals surface area contributed by atoms with Crippen LogP contribution >= 0.6 is 11.6 Å². The molecule has 1 N–H and O–H groups in total. The van der Waals surface area contributed by atoms with Crippen molar-refractivity contribution in [1.29, 1.82) is 0 Å². The third-order valence-electron chi connectivity index (χ3n) is 10.7. The number of carbonyl (C=O) groups excluding carboxylic acids is 2. The van der Waals surface area contributed by atoms with E-state index in [1.807, 2.05) is 19.1 Å². The number of hydrogen-bond acceptors (Lipinski definition) is 5. The van der Waals surface area contributed by atoms with E-state index in [9.17, 15) is 14.7 Å².